The number of hydrogen-bond acceptors (Lipinski definition) is 6. The predicted octanol–water partition coefficient (Wildman–Crippen LogP) is 0.599. The van der Waals surface area contributed by atoms with Crippen molar-refractivity contribution < 1.29 is 17.9 Å². The van der Waals surface area contributed by atoms with Gasteiger partial charge >= 0.3 is 0 Å². The number of morpholine rings is 1. The molecule has 1 amide bonds. The molecule has 2 aliphatic rings. The Balaban J connectivity index is 1.65. The SMILES string of the molecule is Cc1cc(NC(=O)CN2C[C@H](C)O[C@@H](C)C2)n([C@@H]2CCS(=O)(=O)C2)n1. The molecule has 1 N–H and O–H groups in total. The van der Waals surface area contributed by atoms with E-state index in [-0.39, 0.29) is 42.2 Å². The Hall–Kier alpha value is -1.45. The fourth-order valence-electron chi connectivity index (χ4n) is 3.66. The van der Waals surface area contributed by atoms with E-state index >= 15 is 0 Å². The number of anilines is 1. The first-order valence-corrected chi connectivity index (χ1v) is 10.5. The van der Waals surface area contributed by atoms with Crippen LogP contribution in [0.3, 0.4) is 0 Å². The van der Waals surface area contributed by atoms with Crippen LogP contribution in [0.25, 0.3) is 0 Å². The molecule has 9 heteroatoms. The van der Waals surface area contributed by atoms with Crippen molar-refractivity contribution >= 4 is 21.6 Å². The van der Waals surface area contributed by atoms with E-state index in [2.05, 4.69) is 15.3 Å². The van der Waals surface area contributed by atoms with E-state index in [0.717, 1.165) is 18.8 Å². The molecule has 140 valence electrons. The summed E-state index contributed by atoms with van der Waals surface area (Å²) < 4.78 is 30.8. The maximum atomic E-state index is 12.4. The topological polar surface area (TPSA) is 93.5 Å². The Morgan fingerprint density at radius 1 is 1.36 bits per heavy atom. The van der Waals surface area contributed by atoms with Gasteiger partial charge in [-0.3, -0.25) is 9.69 Å². The first-order valence-electron chi connectivity index (χ1n) is 8.66. The highest BCUT2D eigenvalue weighted by atomic mass is 32.2. The van der Waals surface area contributed by atoms with E-state index in [1.54, 1.807) is 10.7 Å². The Morgan fingerprint density at radius 2 is 2.04 bits per heavy atom. The van der Waals surface area contributed by atoms with Crippen LogP contribution in [0.15, 0.2) is 6.07 Å². The molecule has 8 nitrogen and oxygen atoms in total. The van der Waals surface area contributed by atoms with Gasteiger partial charge in [-0.1, -0.05) is 0 Å². The van der Waals surface area contributed by atoms with Crippen LogP contribution in [0.1, 0.15) is 32.0 Å². The second kappa shape index (κ2) is 7.05. The van der Waals surface area contributed by atoms with Crippen molar-refractivity contribution in [2.45, 2.75) is 45.4 Å². The average Bonchev–Trinajstić information content (AvgIpc) is 2.99. The van der Waals surface area contributed by atoms with Gasteiger partial charge in [0.05, 0.1) is 42.0 Å². The molecule has 1 aromatic rings. The van der Waals surface area contributed by atoms with E-state index in [1.165, 1.54) is 0 Å². The lowest BCUT2D eigenvalue weighted by atomic mass is 10.2. The standard InChI is InChI=1S/C16H26N4O4S/c1-11-6-15(20(18-11)14-4-5-25(22,23)10-14)17-16(21)9-19-7-12(2)24-13(3)8-19/h6,12-14H,4-5,7-10H2,1-3H3,(H,17,21)/t12-,13-,14+/m0/s1. The van der Waals surface area contributed by atoms with Gasteiger partial charge in [-0.2, -0.15) is 5.10 Å². The average molecular weight is 370 g/mol. The van der Waals surface area contributed by atoms with E-state index in [0.29, 0.717) is 12.2 Å². The van der Waals surface area contributed by atoms with Crippen molar-refractivity contribution in [1.82, 2.24) is 14.7 Å². The molecule has 0 aromatic carbocycles. The van der Waals surface area contributed by atoms with Gasteiger partial charge in [0.25, 0.3) is 0 Å². The fraction of sp³-hybridized carbons (Fsp3) is 0.750. The van der Waals surface area contributed by atoms with Crippen LogP contribution in [-0.2, 0) is 19.4 Å². The second-order valence-electron chi connectivity index (χ2n) is 7.17. The van der Waals surface area contributed by atoms with Crippen molar-refractivity contribution in [3.8, 4) is 0 Å². The summed E-state index contributed by atoms with van der Waals surface area (Å²) in [7, 11) is -3.01. The summed E-state index contributed by atoms with van der Waals surface area (Å²) in [5.74, 6) is 0.700. The summed E-state index contributed by atoms with van der Waals surface area (Å²) in [6.07, 6.45) is 0.742. The minimum atomic E-state index is -3.01. The minimum Gasteiger partial charge on any atom is -0.373 e. The van der Waals surface area contributed by atoms with Gasteiger partial charge in [0.2, 0.25) is 5.91 Å². The lowest BCUT2D eigenvalue weighted by molar-refractivity contribution is -0.121. The lowest BCUT2D eigenvalue weighted by Gasteiger charge is -2.34. The van der Waals surface area contributed by atoms with Gasteiger partial charge < -0.3 is 10.1 Å². The monoisotopic (exact) mass is 370 g/mol. The Labute approximate surface area is 148 Å². The molecule has 2 saturated heterocycles. The number of sulfone groups is 1. The molecule has 0 spiro atoms. The predicted molar refractivity (Wildman–Crippen MR) is 94.4 cm³/mol. The summed E-state index contributed by atoms with van der Waals surface area (Å²) in [6, 6.07) is 1.57. The third-order valence-corrected chi connectivity index (χ3v) is 6.29. The number of nitrogens with zero attached hydrogens (tertiary/aromatic N) is 3. The highest BCUT2D eigenvalue weighted by Gasteiger charge is 2.31. The molecule has 3 rings (SSSR count). The van der Waals surface area contributed by atoms with Crippen LogP contribution >= 0.6 is 0 Å². The summed E-state index contributed by atoms with van der Waals surface area (Å²) in [5.41, 5.74) is 0.758. The number of aromatic nitrogens is 2. The number of carbonyl (C=O) groups excluding carboxylic acids is 1. The number of nitrogens with one attached hydrogen (secondary N) is 1. The number of carbonyl (C=O) groups is 1. The molecule has 0 radical (unpaired) electrons. The quantitative estimate of drug-likeness (QED) is 0.834. The number of hydrogen-bond donors (Lipinski definition) is 1. The smallest absolute Gasteiger partial charge is 0.239 e. The molecule has 0 unspecified atom stereocenters. The van der Waals surface area contributed by atoms with Gasteiger partial charge in [-0.25, -0.2) is 13.1 Å². The first kappa shape index (κ1) is 18.3. The number of rotatable bonds is 4. The Kier molecular flexibility index (Phi) is 5.17. The van der Waals surface area contributed by atoms with Gasteiger partial charge in [-0.05, 0) is 27.2 Å². The van der Waals surface area contributed by atoms with E-state index in [9.17, 15) is 13.2 Å². The van der Waals surface area contributed by atoms with Gasteiger partial charge in [-0.15, -0.1) is 0 Å². The zero-order valence-corrected chi connectivity index (χ0v) is 15.8. The molecule has 0 saturated carbocycles. The van der Waals surface area contributed by atoms with E-state index in [4.69, 9.17) is 4.74 Å². The van der Waals surface area contributed by atoms with Crippen molar-refractivity contribution in [3.63, 3.8) is 0 Å². The molecule has 2 aliphatic heterocycles. The molecule has 2 fully saturated rings. The minimum absolute atomic E-state index is 0.0789. The number of ether oxygens (including phenoxy) is 1. The summed E-state index contributed by atoms with van der Waals surface area (Å²) >= 11 is 0. The third kappa shape index (κ3) is 4.59. The maximum Gasteiger partial charge on any atom is 0.239 e. The van der Waals surface area contributed by atoms with Crippen LogP contribution in [0.2, 0.25) is 0 Å². The van der Waals surface area contributed by atoms with E-state index in [1.807, 2.05) is 20.8 Å². The third-order valence-electron chi connectivity index (χ3n) is 4.54. The normalized spacial score (nSPS) is 29.6. The van der Waals surface area contributed by atoms with E-state index < -0.39 is 9.84 Å². The van der Waals surface area contributed by atoms with Crippen molar-refractivity contribution in [2.75, 3.05) is 36.5 Å². The maximum absolute atomic E-state index is 12.4. The molecular weight excluding hydrogens is 344 g/mol. The zero-order chi connectivity index (χ0) is 18.2. The molecule has 3 atom stereocenters. The van der Waals surface area contributed by atoms with Crippen LogP contribution < -0.4 is 5.32 Å². The largest absolute Gasteiger partial charge is 0.373 e. The first-order chi connectivity index (χ1) is 11.7. The number of amides is 1. The zero-order valence-electron chi connectivity index (χ0n) is 14.9. The van der Waals surface area contributed by atoms with Gasteiger partial charge in [0.15, 0.2) is 9.84 Å². The Morgan fingerprint density at radius 3 is 2.64 bits per heavy atom. The van der Waals surface area contributed by atoms with Crippen LogP contribution in [-0.4, -0.2) is 72.4 Å². The van der Waals surface area contributed by atoms with Crippen LogP contribution in [0.4, 0.5) is 5.82 Å². The summed E-state index contributed by atoms with van der Waals surface area (Å²) in [4.78, 5) is 14.5. The van der Waals surface area contributed by atoms with Crippen LogP contribution in [0.5, 0.6) is 0 Å². The Bertz CT molecular complexity index is 735. The lowest BCUT2D eigenvalue weighted by Crippen LogP contribution is -2.48. The highest BCUT2D eigenvalue weighted by molar-refractivity contribution is 7.91. The van der Waals surface area contributed by atoms with Crippen molar-refractivity contribution in [3.05, 3.63) is 11.8 Å². The van der Waals surface area contributed by atoms with Crippen LogP contribution in [0, 0.1) is 6.92 Å². The molecule has 0 bridgehead atoms. The van der Waals surface area contributed by atoms with Gasteiger partial charge in [0, 0.05) is 19.2 Å². The fourth-order valence-corrected chi connectivity index (χ4v) is 5.35. The van der Waals surface area contributed by atoms with Crippen molar-refractivity contribution in [1.29, 1.82) is 0 Å². The second-order valence-corrected chi connectivity index (χ2v) is 9.40. The van der Waals surface area contributed by atoms with Gasteiger partial charge in [0.1, 0.15) is 5.82 Å². The summed E-state index contributed by atoms with van der Waals surface area (Å²) in [5, 5.41) is 7.28. The molecule has 25 heavy (non-hydrogen) atoms. The highest BCUT2D eigenvalue weighted by Crippen LogP contribution is 2.27. The van der Waals surface area contributed by atoms with Crippen molar-refractivity contribution in [2.24, 2.45) is 0 Å². The molecular formula is C16H26N4O4S. The molecule has 3 heterocycles. The molecule has 1 aromatic heterocycles. The summed E-state index contributed by atoms with van der Waals surface area (Å²) in [6.45, 7) is 7.55. The molecule has 0 aliphatic carbocycles. The number of aryl methyl sites for hydroxylation is 1.